The van der Waals surface area contributed by atoms with Crippen molar-refractivity contribution in [2.45, 2.75) is 0 Å². The molecule has 0 aliphatic rings. The van der Waals surface area contributed by atoms with E-state index in [9.17, 15) is 0 Å². The van der Waals surface area contributed by atoms with Crippen LogP contribution in [0.4, 0.5) is 0 Å². The van der Waals surface area contributed by atoms with Crippen LogP contribution >= 0.6 is 0 Å². The smallest absolute Gasteiger partial charge is 0.165 e. The largest absolute Gasteiger partial charge is 0.291 e. The van der Waals surface area contributed by atoms with Crippen molar-refractivity contribution in [1.29, 1.82) is 0 Å². The lowest BCUT2D eigenvalue weighted by Gasteiger charge is -2.04. The van der Waals surface area contributed by atoms with Gasteiger partial charge >= 0.3 is 0 Å². The third-order valence-electron chi connectivity index (χ3n) is 5.89. The van der Waals surface area contributed by atoms with E-state index < -0.39 is 0 Å². The Morgan fingerprint density at radius 3 is 2.10 bits per heavy atom. The standard InChI is InChI=1S/C26H15N3/c1-2-8-16(9-3-1)17-14-19-18-10-4-7-13-23(18)29-25(19)20(15-17)24-26(29)28-22-12-6-5-11-21(22)27-24/h1-15H. The molecule has 29 heavy (non-hydrogen) atoms. The first-order chi connectivity index (χ1) is 14.4. The minimum absolute atomic E-state index is 0.924. The number of nitrogens with zero attached hydrogens (tertiary/aromatic N) is 3. The van der Waals surface area contributed by atoms with E-state index in [4.69, 9.17) is 9.97 Å². The van der Waals surface area contributed by atoms with Crippen LogP contribution in [-0.4, -0.2) is 14.4 Å². The van der Waals surface area contributed by atoms with Gasteiger partial charge in [-0.15, -0.1) is 0 Å². The topological polar surface area (TPSA) is 30.2 Å². The van der Waals surface area contributed by atoms with Gasteiger partial charge in [-0.3, -0.25) is 4.40 Å². The van der Waals surface area contributed by atoms with E-state index in [0.717, 1.165) is 27.6 Å². The molecule has 7 rings (SSSR count). The zero-order chi connectivity index (χ0) is 18.9. The fourth-order valence-corrected chi connectivity index (χ4v) is 4.62. The maximum absolute atomic E-state index is 5.03. The number of hydrogen-bond acceptors (Lipinski definition) is 2. The molecule has 3 heteroatoms. The predicted octanol–water partition coefficient (Wildman–Crippen LogP) is 6.45. The average Bonchev–Trinajstić information content (AvgIpc) is 3.29. The minimum atomic E-state index is 0.924. The molecular weight excluding hydrogens is 354 g/mol. The van der Waals surface area contributed by atoms with Crippen LogP contribution in [0.15, 0.2) is 91.0 Å². The maximum atomic E-state index is 5.03. The third kappa shape index (κ3) is 1.91. The van der Waals surface area contributed by atoms with Gasteiger partial charge in [0.05, 0.1) is 22.1 Å². The first-order valence-corrected chi connectivity index (χ1v) is 9.79. The van der Waals surface area contributed by atoms with Gasteiger partial charge in [0, 0.05) is 16.2 Å². The van der Waals surface area contributed by atoms with Gasteiger partial charge < -0.3 is 0 Å². The van der Waals surface area contributed by atoms with Crippen molar-refractivity contribution in [2.75, 3.05) is 0 Å². The summed E-state index contributed by atoms with van der Waals surface area (Å²) in [5, 5.41) is 3.66. The Morgan fingerprint density at radius 1 is 0.552 bits per heavy atom. The van der Waals surface area contributed by atoms with Crippen LogP contribution in [0.5, 0.6) is 0 Å². The van der Waals surface area contributed by atoms with Crippen molar-refractivity contribution in [3.63, 3.8) is 0 Å². The second-order valence-corrected chi connectivity index (χ2v) is 7.52. The molecule has 0 aliphatic heterocycles. The Labute approximate surface area is 166 Å². The Balaban J connectivity index is 1.77. The Hall–Kier alpha value is -3.98. The SMILES string of the molecule is c1ccc(-c2cc3c4ccccc4n4c5nc6ccccc6nc5c(c2)c34)cc1. The number of hydrogen-bond donors (Lipinski definition) is 0. The molecule has 0 aliphatic carbocycles. The van der Waals surface area contributed by atoms with E-state index in [1.165, 1.54) is 32.9 Å². The molecule has 0 atom stereocenters. The van der Waals surface area contributed by atoms with Crippen LogP contribution in [0.2, 0.25) is 0 Å². The van der Waals surface area contributed by atoms with Gasteiger partial charge in [-0.05, 0) is 41.5 Å². The van der Waals surface area contributed by atoms with E-state index in [0.29, 0.717) is 0 Å². The molecule has 0 bridgehead atoms. The first kappa shape index (κ1) is 15.0. The molecule has 0 N–H and O–H groups in total. The lowest BCUT2D eigenvalue weighted by Crippen LogP contribution is -1.88. The summed E-state index contributed by atoms with van der Waals surface area (Å²) in [6, 6.07) is 31.8. The van der Waals surface area contributed by atoms with Gasteiger partial charge in [0.25, 0.3) is 0 Å². The lowest BCUT2D eigenvalue weighted by atomic mass is 10.0. The Morgan fingerprint density at radius 2 is 1.24 bits per heavy atom. The van der Waals surface area contributed by atoms with Crippen LogP contribution in [0.3, 0.4) is 0 Å². The number of fused-ring (bicyclic) bond motifs is 7. The van der Waals surface area contributed by atoms with Crippen LogP contribution in [0, 0.1) is 0 Å². The summed E-state index contributed by atoms with van der Waals surface area (Å²) in [6.45, 7) is 0. The summed E-state index contributed by atoms with van der Waals surface area (Å²) in [4.78, 5) is 10.0. The normalized spacial score (nSPS) is 12.1. The number of para-hydroxylation sites is 3. The fourth-order valence-electron chi connectivity index (χ4n) is 4.62. The summed E-state index contributed by atoms with van der Waals surface area (Å²) in [5.74, 6) is 0. The quantitative estimate of drug-likeness (QED) is 0.333. The second kappa shape index (κ2) is 5.30. The lowest BCUT2D eigenvalue weighted by molar-refractivity contribution is 1.28. The highest BCUT2D eigenvalue weighted by atomic mass is 15.0. The molecule has 0 spiro atoms. The Bertz CT molecular complexity index is 1690. The third-order valence-corrected chi connectivity index (χ3v) is 5.89. The van der Waals surface area contributed by atoms with Crippen molar-refractivity contribution in [2.24, 2.45) is 0 Å². The average molecular weight is 369 g/mol. The molecule has 7 aromatic rings. The molecule has 0 unspecified atom stereocenters. The molecule has 4 aromatic carbocycles. The highest BCUT2D eigenvalue weighted by Gasteiger charge is 2.20. The Kier molecular flexibility index (Phi) is 2.74. The van der Waals surface area contributed by atoms with Gasteiger partial charge in [0.1, 0.15) is 5.52 Å². The zero-order valence-electron chi connectivity index (χ0n) is 15.5. The fraction of sp³-hybridized carbons (Fsp3) is 0. The molecule has 3 nitrogen and oxygen atoms in total. The van der Waals surface area contributed by atoms with Gasteiger partial charge in [-0.1, -0.05) is 60.7 Å². The molecule has 0 radical (unpaired) electrons. The van der Waals surface area contributed by atoms with Gasteiger partial charge in [0.2, 0.25) is 0 Å². The van der Waals surface area contributed by atoms with E-state index in [1.54, 1.807) is 0 Å². The van der Waals surface area contributed by atoms with Crippen molar-refractivity contribution in [3.8, 4) is 11.1 Å². The van der Waals surface area contributed by atoms with E-state index >= 15 is 0 Å². The molecule has 134 valence electrons. The summed E-state index contributed by atoms with van der Waals surface area (Å²) in [5.41, 5.74) is 8.55. The number of rotatable bonds is 1. The molecule has 3 aromatic heterocycles. The van der Waals surface area contributed by atoms with Gasteiger partial charge in [-0.2, -0.15) is 0 Å². The summed E-state index contributed by atoms with van der Waals surface area (Å²) in [7, 11) is 0. The molecule has 3 heterocycles. The molecule has 0 fully saturated rings. The first-order valence-electron chi connectivity index (χ1n) is 9.79. The zero-order valence-corrected chi connectivity index (χ0v) is 15.5. The molecule has 0 amide bonds. The van der Waals surface area contributed by atoms with Crippen molar-refractivity contribution in [3.05, 3.63) is 91.0 Å². The summed E-state index contributed by atoms with van der Waals surface area (Å²) < 4.78 is 2.28. The van der Waals surface area contributed by atoms with Crippen molar-refractivity contribution < 1.29 is 0 Å². The number of aromatic nitrogens is 3. The number of benzene rings is 4. The maximum Gasteiger partial charge on any atom is 0.165 e. The van der Waals surface area contributed by atoms with Crippen LogP contribution in [-0.2, 0) is 0 Å². The van der Waals surface area contributed by atoms with Crippen LogP contribution in [0.1, 0.15) is 0 Å². The van der Waals surface area contributed by atoms with Crippen molar-refractivity contribution in [1.82, 2.24) is 14.4 Å². The minimum Gasteiger partial charge on any atom is -0.291 e. The van der Waals surface area contributed by atoms with Crippen LogP contribution < -0.4 is 0 Å². The monoisotopic (exact) mass is 369 g/mol. The van der Waals surface area contributed by atoms with E-state index in [-0.39, 0.29) is 0 Å². The molecular formula is C26H15N3. The van der Waals surface area contributed by atoms with Crippen LogP contribution in [0.25, 0.3) is 60.5 Å². The van der Waals surface area contributed by atoms with E-state index in [2.05, 4.69) is 71.1 Å². The van der Waals surface area contributed by atoms with Crippen molar-refractivity contribution >= 4 is 49.4 Å². The predicted molar refractivity (Wildman–Crippen MR) is 120 cm³/mol. The molecule has 0 saturated heterocycles. The van der Waals surface area contributed by atoms with E-state index in [1.807, 2.05) is 24.3 Å². The summed E-state index contributed by atoms with van der Waals surface area (Å²) in [6.07, 6.45) is 0. The van der Waals surface area contributed by atoms with Gasteiger partial charge in [0.15, 0.2) is 5.65 Å². The molecule has 0 saturated carbocycles. The highest BCUT2D eigenvalue weighted by molar-refractivity contribution is 6.23. The summed E-state index contributed by atoms with van der Waals surface area (Å²) >= 11 is 0. The van der Waals surface area contributed by atoms with Gasteiger partial charge in [-0.25, -0.2) is 9.97 Å². The highest BCUT2D eigenvalue weighted by Crippen LogP contribution is 2.40. The second-order valence-electron chi connectivity index (χ2n) is 7.52.